The lowest BCUT2D eigenvalue weighted by Crippen LogP contribution is -1.98. The lowest BCUT2D eigenvalue weighted by Gasteiger charge is -1.97. The van der Waals surface area contributed by atoms with Crippen LogP contribution < -0.4 is 0 Å². The second kappa shape index (κ2) is 2.51. The van der Waals surface area contributed by atoms with Crippen molar-refractivity contribution < 1.29 is 0 Å². The summed E-state index contributed by atoms with van der Waals surface area (Å²) in [6, 6.07) is 2.41. The zero-order valence-electron chi connectivity index (χ0n) is 7.38. The van der Waals surface area contributed by atoms with E-state index in [0.717, 1.165) is 23.9 Å². The second-order valence-corrected chi connectivity index (χ2v) is 3.40. The molecule has 3 rings (SSSR count). The predicted octanol–water partition coefficient (Wildman–Crippen LogP) is 1.03. The molecule has 68 valence electrons. The summed E-state index contributed by atoms with van der Waals surface area (Å²) >= 11 is 0. The number of rotatable bonds is 1. The van der Waals surface area contributed by atoms with Crippen LogP contribution in [0.2, 0.25) is 0 Å². The first-order chi connectivity index (χ1) is 6.88. The van der Waals surface area contributed by atoms with Gasteiger partial charge in [-0.25, -0.2) is 9.67 Å². The van der Waals surface area contributed by atoms with Crippen LogP contribution in [0.15, 0.2) is 12.4 Å². The van der Waals surface area contributed by atoms with E-state index in [1.807, 2.05) is 10.8 Å². The Labute approximate surface area is 80.0 Å². The molecule has 0 unspecified atom stereocenters. The molecule has 0 atom stereocenters. The molecular weight excluding hydrogens is 178 g/mol. The summed E-state index contributed by atoms with van der Waals surface area (Å²) in [5, 5.41) is 13.8. The molecule has 0 saturated heterocycles. The number of nitriles is 1. The highest BCUT2D eigenvalue weighted by Crippen LogP contribution is 2.35. The maximum absolute atomic E-state index is 8.68. The van der Waals surface area contributed by atoms with Crippen molar-refractivity contribution in [3.63, 3.8) is 0 Å². The van der Waals surface area contributed by atoms with Crippen LogP contribution in [0, 0.1) is 11.3 Å². The molecule has 1 aliphatic carbocycles. The third kappa shape index (κ3) is 0.973. The van der Waals surface area contributed by atoms with Crippen molar-refractivity contribution in [1.29, 1.82) is 5.26 Å². The molecule has 14 heavy (non-hydrogen) atoms. The van der Waals surface area contributed by atoms with E-state index in [-0.39, 0.29) is 5.82 Å². The summed E-state index contributed by atoms with van der Waals surface area (Å²) in [5.74, 6) is 0.208. The molecule has 2 aromatic rings. The van der Waals surface area contributed by atoms with Gasteiger partial charge in [0, 0.05) is 6.20 Å². The summed E-state index contributed by atoms with van der Waals surface area (Å²) in [4.78, 5) is 8.04. The molecule has 1 aliphatic rings. The molecule has 0 spiro atoms. The third-order valence-electron chi connectivity index (χ3n) is 2.33. The standard InChI is InChI=1S/C9H7N5/c10-3-8-11-4-6-5-12-14(7-1-2-7)9(6)13-8/h4-5,7H,1-2H2. The fraction of sp³-hybridized carbons (Fsp3) is 0.333. The second-order valence-electron chi connectivity index (χ2n) is 3.40. The van der Waals surface area contributed by atoms with Gasteiger partial charge in [0.1, 0.15) is 6.07 Å². The van der Waals surface area contributed by atoms with Crippen molar-refractivity contribution in [3.05, 3.63) is 18.2 Å². The Kier molecular flexibility index (Phi) is 1.34. The van der Waals surface area contributed by atoms with Crippen LogP contribution in [0.4, 0.5) is 0 Å². The van der Waals surface area contributed by atoms with E-state index < -0.39 is 0 Å². The average Bonchev–Trinajstić information content (AvgIpc) is 2.98. The van der Waals surface area contributed by atoms with E-state index in [9.17, 15) is 0 Å². The first-order valence-corrected chi connectivity index (χ1v) is 4.49. The van der Waals surface area contributed by atoms with Gasteiger partial charge in [-0.1, -0.05) is 0 Å². The van der Waals surface area contributed by atoms with Gasteiger partial charge in [-0.3, -0.25) is 0 Å². The summed E-state index contributed by atoms with van der Waals surface area (Å²) in [7, 11) is 0. The van der Waals surface area contributed by atoms with Crippen LogP contribution >= 0.6 is 0 Å². The van der Waals surface area contributed by atoms with Gasteiger partial charge < -0.3 is 0 Å². The van der Waals surface area contributed by atoms with Gasteiger partial charge in [-0.05, 0) is 12.8 Å². The molecule has 5 nitrogen and oxygen atoms in total. The molecule has 0 N–H and O–H groups in total. The number of aromatic nitrogens is 4. The largest absolute Gasteiger partial charge is 0.244 e. The van der Waals surface area contributed by atoms with E-state index in [4.69, 9.17) is 5.26 Å². The zero-order valence-corrected chi connectivity index (χ0v) is 7.38. The summed E-state index contributed by atoms with van der Waals surface area (Å²) < 4.78 is 1.89. The highest BCUT2D eigenvalue weighted by atomic mass is 15.3. The predicted molar refractivity (Wildman–Crippen MR) is 48.3 cm³/mol. The molecule has 5 heteroatoms. The van der Waals surface area contributed by atoms with Gasteiger partial charge in [-0.2, -0.15) is 15.3 Å². The Balaban J connectivity index is 2.27. The Bertz CT molecular complexity index is 532. The van der Waals surface area contributed by atoms with E-state index in [0.29, 0.717) is 6.04 Å². The molecular formula is C9H7N5. The van der Waals surface area contributed by atoms with Gasteiger partial charge in [0.05, 0.1) is 17.6 Å². The molecule has 0 amide bonds. The normalized spacial score (nSPS) is 15.6. The first-order valence-electron chi connectivity index (χ1n) is 4.49. The molecule has 2 aromatic heterocycles. The monoisotopic (exact) mass is 185 g/mol. The maximum atomic E-state index is 8.68. The topological polar surface area (TPSA) is 67.4 Å². The highest BCUT2D eigenvalue weighted by Gasteiger charge is 2.26. The van der Waals surface area contributed by atoms with Crippen LogP contribution in [0.5, 0.6) is 0 Å². The molecule has 1 saturated carbocycles. The average molecular weight is 185 g/mol. The highest BCUT2D eigenvalue weighted by molar-refractivity contribution is 5.73. The van der Waals surface area contributed by atoms with Crippen molar-refractivity contribution in [3.8, 4) is 6.07 Å². The quantitative estimate of drug-likeness (QED) is 0.665. The first kappa shape index (κ1) is 7.44. The minimum Gasteiger partial charge on any atom is -0.244 e. The fourth-order valence-corrected chi connectivity index (χ4v) is 1.48. The van der Waals surface area contributed by atoms with Crippen molar-refractivity contribution in [1.82, 2.24) is 19.7 Å². The lowest BCUT2D eigenvalue weighted by atomic mass is 10.4. The molecule has 0 radical (unpaired) electrons. The summed E-state index contributed by atoms with van der Waals surface area (Å²) in [6.07, 6.45) is 5.70. The molecule has 0 aliphatic heterocycles. The minimum atomic E-state index is 0.208. The van der Waals surface area contributed by atoms with E-state index in [2.05, 4.69) is 15.1 Å². The number of hydrogen-bond acceptors (Lipinski definition) is 4. The molecule has 1 fully saturated rings. The van der Waals surface area contributed by atoms with Crippen LogP contribution in [-0.2, 0) is 0 Å². The summed E-state index contributed by atoms with van der Waals surface area (Å²) in [5.41, 5.74) is 0.777. The number of fused-ring (bicyclic) bond motifs is 1. The van der Waals surface area contributed by atoms with Crippen molar-refractivity contribution in [2.75, 3.05) is 0 Å². The van der Waals surface area contributed by atoms with Crippen LogP contribution in [0.3, 0.4) is 0 Å². The van der Waals surface area contributed by atoms with E-state index >= 15 is 0 Å². The third-order valence-corrected chi connectivity index (χ3v) is 2.33. The van der Waals surface area contributed by atoms with Gasteiger partial charge >= 0.3 is 0 Å². The maximum Gasteiger partial charge on any atom is 0.234 e. The van der Waals surface area contributed by atoms with Crippen LogP contribution in [0.1, 0.15) is 24.7 Å². The van der Waals surface area contributed by atoms with E-state index in [1.165, 1.54) is 0 Å². The SMILES string of the molecule is N#Cc1ncc2cnn(C3CC3)c2n1. The Morgan fingerprint density at radius 1 is 1.43 bits per heavy atom. The summed E-state index contributed by atoms with van der Waals surface area (Å²) in [6.45, 7) is 0. The fourth-order valence-electron chi connectivity index (χ4n) is 1.48. The molecule has 2 heterocycles. The van der Waals surface area contributed by atoms with Gasteiger partial charge in [0.25, 0.3) is 0 Å². The van der Waals surface area contributed by atoms with Crippen molar-refractivity contribution in [2.45, 2.75) is 18.9 Å². The zero-order chi connectivity index (χ0) is 9.54. The van der Waals surface area contributed by atoms with Gasteiger partial charge in [0.2, 0.25) is 5.82 Å². The van der Waals surface area contributed by atoms with E-state index in [1.54, 1.807) is 12.4 Å². The van der Waals surface area contributed by atoms with Gasteiger partial charge in [0.15, 0.2) is 5.65 Å². The van der Waals surface area contributed by atoms with Crippen LogP contribution in [0.25, 0.3) is 11.0 Å². The van der Waals surface area contributed by atoms with Gasteiger partial charge in [-0.15, -0.1) is 0 Å². The van der Waals surface area contributed by atoms with Crippen LogP contribution in [-0.4, -0.2) is 19.7 Å². The minimum absolute atomic E-state index is 0.208. The molecule has 0 bridgehead atoms. The smallest absolute Gasteiger partial charge is 0.234 e. The van der Waals surface area contributed by atoms with Crippen molar-refractivity contribution >= 4 is 11.0 Å². The Morgan fingerprint density at radius 3 is 3.00 bits per heavy atom. The number of hydrogen-bond donors (Lipinski definition) is 0. The lowest BCUT2D eigenvalue weighted by molar-refractivity contribution is 0.658. The van der Waals surface area contributed by atoms with Crippen molar-refractivity contribution in [2.24, 2.45) is 0 Å². The number of nitrogens with zero attached hydrogens (tertiary/aromatic N) is 5. The Morgan fingerprint density at radius 2 is 2.29 bits per heavy atom. The molecule has 0 aromatic carbocycles. The Hall–Kier alpha value is -1.96.